The molecule has 0 bridgehead atoms. The number of phenols is 2. The molecule has 0 atom stereocenters. The fourth-order valence-electron chi connectivity index (χ4n) is 2.36. The summed E-state index contributed by atoms with van der Waals surface area (Å²) in [5.74, 6) is -1.27. The zero-order chi connectivity index (χ0) is 17.5. The molecule has 0 saturated heterocycles. The Hall–Kier alpha value is -3.03. The molecule has 0 radical (unpaired) electrons. The van der Waals surface area contributed by atoms with Crippen LogP contribution in [0.1, 0.15) is 5.69 Å². The maximum absolute atomic E-state index is 13.3. The second-order valence-electron chi connectivity index (χ2n) is 5.03. The number of rotatable bonds is 2. The minimum absolute atomic E-state index is 0.00104. The Bertz CT molecular complexity index is 886. The molecule has 0 aliphatic rings. The van der Waals surface area contributed by atoms with Gasteiger partial charge in [0.05, 0.1) is 0 Å². The highest BCUT2D eigenvalue weighted by Gasteiger charge is 2.38. The monoisotopic (exact) mass is 338 g/mol. The number of aromatic hydroxyl groups is 2. The van der Waals surface area contributed by atoms with E-state index in [1.165, 1.54) is 24.3 Å². The van der Waals surface area contributed by atoms with Crippen molar-refractivity contribution in [2.24, 2.45) is 0 Å². The standard InChI is InChI=1S/C16H10F4N2O2/c17-9-3-1-8(2-4-9)13-14(21-22-15(13)16(18,19)20)11-6-5-10(23)7-12(11)24/h1-7,23-24H,(H,21,22). The van der Waals surface area contributed by atoms with Crippen LogP contribution in [0.5, 0.6) is 11.5 Å². The molecule has 0 unspecified atom stereocenters. The summed E-state index contributed by atoms with van der Waals surface area (Å²) >= 11 is 0. The molecule has 0 spiro atoms. The van der Waals surface area contributed by atoms with Gasteiger partial charge < -0.3 is 10.2 Å². The molecule has 4 nitrogen and oxygen atoms in total. The fourth-order valence-corrected chi connectivity index (χ4v) is 2.36. The molecule has 3 aromatic rings. The SMILES string of the molecule is Oc1ccc(-c2n[nH]c(C(F)(F)F)c2-c2ccc(F)cc2)c(O)c1. The van der Waals surface area contributed by atoms with Crippen LogP contribution in [-0.4, -0.2) is 20.4 Å². The van der Waals surface area contributed by atoms with Gasteiger partial charge >= 0.3 is 6.18 Å². The third kappa shape index (κ3) is 2.78. The first-order valence-corrected chi connectivity index (χ1v) is 6.71. The molecule has 1 heterocycles. The first kappa shape index (κ1) is 15.9. The predicted octanol–water partition coefficient (Wildman–Crippen LogP) is 4.31. The third-order valence-electron chi connectivity index (χ3n) is 3.42. The lowest BCUT2D eigenvalue weighted by atomic mass is 9.98. The topological polar surface area (TPSA) is 69.1 Å². The summed E-state index contributed by atoms with van der Waals surface area (Å²) in [5, 5.41) is 24.8. The number of nitrogens with one attached hydrogen (secondary N) is 1. The lowest BCUT2D eigenvalue weighted by Crippen LogP contribution is -2.07. The lowest BCUT2D eigenvalue weighted by Gasteiger charge is -2.10. The average molecular weight is 338 g/mol. The molecule has 124 valence electrons. The number of alkyl halides is 3. The number of nitrogens with zero attached hydrogens (tertiary/aromatic N) is 1. The second-order valence-corrected chi connectivity index (χ2v) is 5.03. The van der Waals surface area contributed by atoms with Crippen molar-refractivity contribution in [2.45, 2.75) is 6.18 Å². The molecule has 8 heteroatoms. The predicted molar refractivity (Wildman–Crippen MR) is 77.7 cm³/mol. The Morgan fingerprint density at radius 3 is 2.21 bits per heavy atom. The molecular formula is C16H10F4N2O2. The first-order chi connectivity index (χ1) is 11.3. The summed E-state index contributed by atoms with van der Waals surface area (Å²) in [6.07, 6.45) is -4.72. The molecule has 24 heavy (non-hydrogen) atoms. The van der Waals surface area contributed by atoms with Gasteiger partial charge in [0.15, 0.2) is 0 Å². The highest BCUT2D eigenvalue weighted by Crippen LogP contribution is 2.43. The van der Waals surface area contributed by atoms with E-state index in [4.69, 9.17) is 0 Å². The minimum atomic E-state index is -4.72. The van der Waals surface area contributed by atoms with Crippen LogP contribution in [0.4, 0.5) is 17.6 Å². The number of halogens is 4. The Kier molecular flexibility index (Phi) is 3.67. The van der Waals surface area contributed by atoms with Crippen LogP contribution in [0.2, 0.25) is 0 Å². The average Bonchev–Trinajstić information content (AvgIpc) is 2.93. The molecule has 1 aromatic heterocycles. The van der Waals surface area contributed by atoms with E-state index < -0.39 is 23.4 Å². The van der Waals surface area contributed by atoms with Crippen molar-refractivity contribution in [2.75, 3.05) is 0 Å². The Morgan fingerprint density at radius 1 is 0.958 bits per heavy atom. The van der Waals surface area contributed by atoms with Crippen molar-refractivity contribution in [1.82, 2.24) is 10.2 Å². The van der Waals surface area contributed by atoms with Crippen LogP contribution in [0.15, 0.2) is 42.5 Å². The van der Waals surface area contributed by atoms with E-state index in [2.05, 4.69) is 5.10 Å². The van der Waals surface area contributed by atoms with Gasteiger partial charge in [-0.25, -0.2) is 4.39 Å². The minimum Gasteiger partial charge on any atom is -0.508 e. The number of aromatic nitrogens is 2. The fraction of sp³-hybridized carbons (Fsp3) is 0.0625. The Labute approximate surface area is 133 Å². The summed E-state index contributed by atoms with van der Waals surface area (Å²) < 4.78 is 52.9. The van der Waals surface area contributed by atoms with Crippen molar-refractivity contribution < 1.29 is 27.8 Å². The van der Waals surface area contributed by atoms with Crippen molar-refractivity contribution in [3.05, 3.63) is 54.0 Å². The molecule has 0 amide bonds. The maximum atomic E-state index is 13.3. The summed E-state index contributed by atoms with van der Waals surface area (Å²) in [5.41, 5.74) is -1.51. The van der Waals surface area contributed by atoms with Gasteiger partial charge in [-0.15, -0.1) is 0 Å². The largest absolute Gasteiger partial charge is 0.508 e. The Balaban J connectivity index is 2.27. The molecule has 0 aliphatic heterocycles. The second kappa shape index (κ2) is 5.55. The van der Waals surface area contributed by atoms with E-state index in [-0.39, 0.29) is 28.1 Å². The molecular weight excluding hydrogens is 328 g/mol. The molecule has 3 rings (SSSR count). The lowest BCUT2D eigenvalue weighted by molar-refractivity contribution is -0.140. The van der Waals surface area contributed by atoms with Crippen LogP contribution in [0, 0.1) is 5.82 Å². The third-order valence-corrected chi connectivity index (χ3v) is 3.42. The summed E-state index contributed by atoms with van der Waals surface area (Å²) in [4.78, 5) is 0. The van der Waals surface area contributed by atoms with Crippen molar-refractivity contribution in [3.8, 4) is 33.9 Å². The van der Waals surface area contributed by atoms with Gasteiger partial charge in [0.2, 0.25) is 0 Å². The molecule has 0 fully saturated rings. The normalized spacial score (nSPS) is 11.7. The smallest absolute Gasteiger partial charge is 0.433 e. The van der Waals surface area contributed by atoms with Gasteiger partial charge in [0.1, 0.15) is 28.7 Å². The maximum Gasteiger partial charge on any atom is 0.433 e. The van der Waals surface area contributed by atoms with Crippen molar-refractivity contribution >= 4 is 0 Å². The van der Waals surface area contributed by atoms with Gasteiger partial charge in [-0.3, -0.25) is 5.10 Å². The van der Waals surface area contributed by atoms with Crippen LogP contribution in [-0.2, 0) is 6.18 Å². The Morgan fingerprint density at radius 2 is 1.62 bits per heavy atom. The highest BCUT2D eigenvalue weighted by atomic mass is 19.4. The number of aromatic amines is 1. The van der Waals surface area contributed by atoms with E-state index in [0.717, 1.165) is 18.2 Å². The van der Waals surface area contributed by atoms with Crippen molar-refractivity contribution in [1.29, 1.82) is 0 Å². The molecule has 0 aliphatic carbocycles. The van der Waals surface area contributed by atoms with Crippen LogP contribution < -0.4 is 0 Å². The zero-order valence-electron chi connectivity index (χ0n) is 11.9. The van der Waals surface area contributed by atoms with Crippen LogP contribution >= 0.6 is 0 Å². The van der Waals surface area contributed by atoms with E-state index in [1.54, 1.807) is 0 Å². The van der Waals surface area contributed by atoms with Crippen LogP contribution in [0.3, 0.4) is 0 Å². The summed E-state index contributed by atoms with van der Waals surface area (Å²) in [6.45, 7) is 0. The highest BCUT2D eigenvalue weighted by molar-refractivity contribution is 5.85. The molecule has 2 aromatic carbocycles. The summed E-state index contributed by atoms with van der Waals surface area (Å²) in [6, 6.07) is 7.89. The number of hydrogen-bond acceptors (Lipinski definition) is 3. The van der Waals surface area contributed by atoms with Gasteiger partial charge in [-0.05, 0) is 29.8 Å². The van der Waals surface area contributed by atoms with E-state index >= 15 is 0 Å². The van der Waals surface area contributed by atoms with Gasteiger partial charge in [-0.1, -0.05) is 12.1 Å². The van der Waals surface area contributed by atoms with E-state index in [1.807, 2.05) is 5.10 Å². The van der Waals surface area contributed by atoms with Crippen LogP contribution in [0.25, 0.3) is 22.4 Å². The van der Waals surface area contributed by atoms with Gasteiger partial charge in [-0.2, -0.15) is 18.3 Å². The number of phenolic OH excluding ortho intramolecular Hbond substituents is 2. The number of H-pyrrole nitrogens is 1. The van der Waals surface area contributed by atoms with Crippen molar-refractivity contribution in [3.63, 3.8) is 0 Å². The van der Waals surface area contributed by atoms with Gasteiger partial charge in [0.25, 0.3) is 0 Å². The molecule has 0 saturated carbocycles. The quantitative estimate of drug-likeness (QED) is 0.610. The van der Waals surface area contributed by atoms with E-state index in [0.29, 0.717) is 0 Å². The van der Waals surface area contributed by atoms with Gasteiger partial charge in [0, 0.05) is 17.2 Å². The first-order valence-electron chi connectivity index (χ1n) is 6.71. The number of hydrogen-bond donors (Lipinski definition) is 3. The molecule has 3 N–H and O–H groups in total. The zero-order valence-corrected chi connectivity index (χ0v) is 11.9. The van der Waals surface area contributed by atoms with E-state index in [9.17, 15) is 27.8 Å². The summed E-state index contributed by atoms with van der Waals surface area (Å²) in [7, 11) is 0. The number of benzene rings is 2.